The normalized spacial score (nSPS) is 54.3. The van der Waals surface area contributed by atoms with Crippen LogP contribution in [0.3, 0.4) is 0 Å². The molecular weight excluding hydrogens is 276 g/mol. The molecule has 0 aliphatic heterocycles. The van der Waals surface area contributed by atoms with Gasteiger partial charge in [-0.2, -0.15) is 0 Å². The lowest BCUT2D eigenvalue weighted by Crippen LogP contribution is -2.54. The van der Waals surface area contributed by atoms with Crippen molar-refractivity contribution in [3.8, 4) is 0 Å². The minimum Gasteiger partial charge on any atom is -0.393 e. The maximum Gasteiger partial charge on any atom is 0.139 e. The summed E-state index contributed by atoms with van der Waals surface area (Å²) in [4.78, 5) is 12.4. The molecule has 0 heterocycles. The Balaban J connectivity index is 1.75. The van der Waals surface area contributed by atoms with Gasteiger partial charge in [0.25, 0.3) is 0 Å². The van der Waals surface area contributed by atoms with Crippen LogP contribution in [0.5, 0.6) is 0 Å². The molecular formula is C19H28O3. The van der Waals surface area contributed by atoms with Crippen LogP contribution in [0, 0.1) is 28.6 Å². The summed E-state index contributed by atoms with van der Waals surface area (Å²) in [5.41, 5.74) is 1.20. The van der Waals surface area contributed by atoms with Gasteiger partial charge in [-0.25, -0.2) is 0 Å². The van der Waals surface area contributed by atoms with Crippen LogP contribution in [-0.2, 0) is 4.79 Å². The number of Topliss-reactive ketones (excluding diaryl/α,β-unsaturated/α-hetero) is 1. The number of aliphatic hydroxyl groups is 2. The molecule has 4 aliphatic rings. The number of hydrogen-bond donors (Lipinski definition) is 2. The maximum atomic E-state index is 12.4. The van der Waals surface area contributed by atoms with Crippen LogP contribution in [0.1, 0.15) is 58.8 Å². The molecule has 0 aromatic rings. The van der Waals surface area contributed by atoms with Crippen LogP contribution in [0.4, 0.5) is 0 Å². The number of aliphatic hydroxyl groups excluding tert-OH is 2. The van der Waals surface area contributed by atoms with E-state index < -0.39 is 6.10 Å². The van der Waals surface area contributed by atoms with E-state index in [1.54, 1.807) is 0 Å². The van der Waals surface area contributed by atoms with Gasteiger partial charge >= 0.3 is 0 Å². The summed E-state index contributed by atoms with van der Waals surface area (Å²) in [7, 11) is 0. The van der Waals surface area contributed by atoms with Crippen molar-refractivity contribution in [2.24, 2.45) is 28.6 Å². The number of carbonyl (C=O) groups excluding carboxylic acids is 1. The summed E-state index contributed by atoms with van der Waals surface area (Å²) in [6.45, 7) is 4.48. The summed E-state index contributed by atoms with van der Waals surface area (Å²) >= 11 is 0. The van der Waals surface area contributed by atoms with Crippen LogP contribution in [0.25, 0.3) is 0 Å². The molecule has 4 rings (SSSR count). The van der Waals surface area contributed by atoms with Crippen molar-refractivity contribution >= 4 is 5.78 Å². The Bertz CT molecular complexity index is 539. The Morgan fingerprint density at radius 1 is 1.05 bits per heavy atom. The first-order valence-corrected chi connectivity index (χ1v) is 8.97. The van der Waals surface area contributed by atoms with Crippen molar-refractivity contribution < 1.29 is 15.0 Å². The zero-order chi connectivity index (χ0) is 15.7. The number of carbonyl (C=O) groups is 1. The van der Waals surface area contributed by atoms with Crippen LogP contribution < -0.4 is 0 Å². The highest BCUT2D eigenvalue weighted by atomic mass is 16.3. The van der Waals surface area contributed by atoms with Crippen molar-refractivity contribution in [2.45, 2.75) is 71.0 Å². The molecule has 3 unspecified atom stereocenters. The number of fused-ring (bicyclic) bond motifs is 5. The van der Waals surface area contributed by atoms with Gasteiger partial charge in [0.15, 0.2) is 0 Å². The second-order valence-electron chi connectivity index (χ2n) is 8.70. The molecule has 3 saturated carbocycles. The first-order chi connectivity index (χ1) is 10.4. The minimum atomic E-state index is -0.436. The number of ketones is 1. The molecule has 7 atom stereocenters. The third-order valence-corrected chi connectivity index (χ3v) is 7.81. The SMILES string of the molecule is C[C@]12CC[C@H](O)CC1=C[C@H](O)C1C2CC[C@]2(C)C(=O)CCC12. The van der Waals surface area contributed by atoms with E-state index >= 15 is 0 Å². The third-order valence-electron chi connectivity index (χ3n) is 7.81. The fourth-order valence-electron chi connectivity index (χ4n) is 6.40. The van der Waals surface area contributed by atoms with E-state index in [1.807, 2.05) is 6.08 Å². The third kappa shape index (κ3) is 1.78. The van der Waals surface area contributed by atoms with E-state index in [9.17, 15) is 15.0 Å². The van der Waals surface area contributed by atoms with E-state index in [0.717, 1.165) is 38.5 Å². The predicted octanol–water partition coefficient (Wildman–Crippen LogP) is 2.85. The second kappa shape index (κ2) is 4.67. The summed E-state index contributed by atoms with van der Waals surface area (Å²) in [5.74, 6) is 1.46. The molecule has 0 saturated heterocycles. The molecule has 4 aliphatic carbocycles. The maximum absolute atomic E-state index is 12.4. The van der Waals surface area contributed by atoms with Crippen molar-refractivity contribution in [1.82, 2.24) is 0 Å². The lowest BCUT2D eigenvalue weighted by atomic mass is 9.47. The Labute approximate surface area is 132 Å². The fraction of sp³-hybridized carbons (Fsp3) is 0.842. The van der Waals surface area contributed by atoms with Crippen molar-refractivity contribution in [3.05, 3.63) is 11.6 Å². The van der Waals surface area contributed by atoms with Gasteiger partial charge in [-0.3, -0.25) is 4.79 Å². The second-order valence-corrected chi connectivity index (χ2v) is 8.70. The Hall–Kier alpha value is -0.670. The highest BCUT2D eigenvalue weighted by Gasteiger charge is 2.60. The van der Waals surface area contributed by atoms with Crippen LogP contribution >= 0.6 is 0 Å². The lowest BCUT2D eigenvalue weighted by Gasteiger charge is -2.58. The average molecular weight is 304 g/mol. The van der Waals surface area contributed by atoms with E-state index in [2.05, 4.69) is 13.8 Å². The monoisotopic (exact) mass is 304 g/mol. The van der Waals surface area contributed by atoms with Crippen LogP contribution in [0.2, 0.25) is 0 Å². The molecule has 122 valence electrons. The highest BCUT2D eigenvalue weighted by molar-refractivity contribution is 5.87. The minimum absolute atomic E-state index is 0.121. The van der Waals surface area contributed by atoms with Gasteiger partial charge in [-0.15, -0.1) is 0 Å². The molecule has 2 N–H and O–H groups in total. The zero-order valence-corrected chi connectivity index (χ0v) is 13.7. The van der Waals surface area contributed by atoms with Gasteiger partial charge < -0.3 is 10.2 Å². The largest absolute Gasteiger partial charge is 0.393 e. The zero-order valence-electron chi connectivity index (χ0n) is 13.7. The van der Waals surface area contributed by atoms with Crippen LogP contribution in [-0.4, -0.2) is 28.2 Å². The standard InChI is InChI=1S/C19H28O3/c1-18-7-5-12(20)9-11(18)10-15(21)17-13-3-4-16(22)19(13,2)8-6-14(17)18/h10,12-15,17,20-21H,3-9H2,1-2H3/t12-,13?,14?,15-,17?,18-,19-/m0/s1. The average Bonchev–Trinajstić information content (AvgIpc) is 2.77. The molecule has 0 aromatic heterocycles. The summed E-state index contributed by atoms with van der Waals surface area (Å²) in [6, 6.07) is 0. The van der Waals surface area contributed by atoms with E-state index in [4.69, 9.17) is 0 Å². The molecule has 22 heavy (non-hydrogen) atoms. The molecule has 0 bridgehead atoms. The number of hydrogen-bond acceptors (Lipinski definition) is 3. The molecule has 3 heteroatoms. The highest BCUT2D eigenvalue weighted by Crippen LogP contribution is 2.63. The summed E-state index contributed by atoms with van der Waals surface area (Å²) in [5, 5.41) is 20.8. The van der Waals surface area contributed by atoms with Crippen molar-refractivity contribution in [2.75, 3.05) is 0 Å². The summed E-state index contributed by atoms with van der Waals surface area (Å²) < 4.78 is 0. The first kappa shape index (κ1) is 14.9. The Morgan fingerprint density at radius 2 is 1.73 bits per heavy atom. The quantitative estimate of drug-likeness (QED) is 0.677. The lowest BCUT2D eigenvalue weighted by molar-refractivity contribution is -0.135. The van der Waals surface area contributed by atoms with Gasteiger partial charge in [0.1, 0.15) is 5.78 Å². The smallest absolute Gasteiger partial charge is 0.139 e. The predicted molar refractivity (Wildman–Crippen MR) is 84.1 cm³/mol. The molecule has 0 radical (unpaired) electrons. The molecule has 0 amide bonds. The van der Waals surface area contributed by atoms with Gasteiger partial charge in [0.05, 0.1) is 12.2 Å². The summed E-state index contributed by atoms with van der Waals surface area (Å²) in [6.07, 6.45) is 7.65. The molecule has 3 fully saturated rings. The molecule has 0 spiro atoms. The topological polar surface area (TPSA) is 57.5 Å². The fourth-order valence-corrected chi connectivity index (χ4v) is 6.40. The van der Waals surface area contributed by atoms with Gasteiger partial charge in [-0.05, 0) is 61.7 Å². The first-order valence-electron chi connectivity index (χ1n) is 8.97. The Morgan fingerprint density at radius 3 is 2.50 bits per heavy atom. The van der Waals surface area contributed by atoms with E-state index in [1.165, 1.54) is 5.57 Å². The van der Waals surface area contributed by atoms with Gasteiger partial charge in [0, 0.05) is 11.8 Å². The van der Waals surface area contributed by atoms with Gasteiger partial charge in [0.2, 0.25) is 0 Å². The number of rotatable bonds is 0. The van der Waals surface area contributed by atoms with E-state index in [-0.39, 0.29) is 22.9 Å². The Kier molecular flexibility index (Phi) is 3.16. The van der Waals surface area contributed by atoms with Crippen LogP contribution in [0.15, 0.2) is 11.6 Å². The van der Waals surface area contributed by atoms with Gasteiger partial charge in [-0.1, -0.05) is 25.5 Å². The van der Waals surface area contributed by atoms with Crippen molar-refractivity contribution in [1.29, 1.82) is 0 Å². The van der Waals surface area contributed by atoms with E-state index in [0.29, 0.717) is 24.0 Å². The van der Waals surface area contributed by atoms with Crippen molar-refractivity contribution in [3.63, 3.8) is 0 Å². The molecule has 0 aromatic carbocycles. The molecule has 3 nitrogen and oxygen atoms in total.